The van der Waals surface area contributed by atoms with Crippen LogP contribution in [-0.4, -0.2) is 51.3 Å². The van der Waals surface area contributed by atoms with Gasteiger partial charge < -0.3 is 19.7 Å². The van der Waals surface area contributed by atoms with Crippen molar-refractivity contribution < 1.29 is 14.3 Å². The molecule has 0 spiro atoms. The number of amides is 1. The number of carbonyl (C=O) groups excluding carboxylic acids is 1. The number of hydrogen-bond donors (Lipinski definition) is 1. The van der Waals surface area contributed by atoms with Gasteiger partial charge in [0, 0.05) is 25.1 Å². The van der Waals surface area contributed by atoms with Crippen molar-refractivity contribution in [2.45, 2.75) is 18.9 Å². The first-order chi connectivity index (χ1) is 12.7. The number of fused-ring (bicyclic) bond motifs is 1. The monoisotopic (exact) mass is 374 g/mol. The van der Waals surface area contributed by atoms with Crippen LogP contribution in [0.25, 0.3) is 0 Å². The lowest BCUT2D eigenvalue weighted by Crippen LogP contribution is -2.44. The fourth-order valence-corrected chi connectivity index (χ4v) is 4.27. The summed E-state index contributed by atoms with van der Waals surface area (Å²) in [5.41, 5.74) is 2.37. The average Bonchev–Trinajstić information content (AvgIpc) is 3.16. The van der Waals surface area contributed by atoms with E-state index in [-0.39, 0.29) is 11.9 Å². The molecule has 1 aromatic heterocycles. The minimum Gasteiger partial charge on any atom is -0.497 e. The van der Waals surface area contributed by atoms with Gasteiger partial charge >= 0.3 is 0 Å². The van der Waals surface area contributed by atoms with Gasteiger partial charge in [0.2, 0.25) is 5.91 Å². The third-order valence-corrected chi connectivity index (χ3v) is 5.69. The van der Waals surface area contributed by atoms with Crippen molar-refractivity contribution in [1.29, 1.82) is 0 Å². The van der Waals surface area contributed by atoms with Gasteiger partial charge in [0.15, 0.2) is 0 Å². The van der Waals surface area contributed by atoms with E-state index in [0.717, 1.165) is 37.2 Å². The number of hydrogen-bond acceptors (Lipinski definition) is 5. The molecular weight excluding hydrogens is 348 g/mol. The Labute approximate surface area is 158 Å². The summed E-state index contributed by atoms with van der Waals surface area (Å²) in [7, 11) is 3.36. The highest BCUT2D eigenvalue weighted by molar-refractivity contribution is 7.10. The zero-order valence-electron chi connectivity index (χ0n) is 15.4. The van der Waals surface area contributed by atoms with Gasteiger partial charge in [-0.1, -0.05) is 12.1 Å². The maximum atomic E-state index is 12.9. The third kappa shape index (κ3) is 4.26. The summed E-state index contributed by atoms with van der Waals surface area (Å²) in [6.07, 6.45) is 1.83. The summed E-state index contributed by atoms with van der Waals surface area (Å²) < 4.78 is 10.3. The van der Waals surface area contributed by atoms with Crippen LogP contribution in [0.1, 0.15) is 28.5 Å². The Morgan fingerprint density at radius 2 is 2.08 bits per heavy atom. The van der Waals surface area contributed by atoms with Crippen LogP contribution in [-0.2, 0) is 16.0 Å². The molecule has 3 rings (SSSR count). The van der Waals surface area contributed by atoms with Gasteiger partial charge in [-0.3, -0.25) is 4.79 Å². The van der Waals surface area contributed by atoms with Crippen molar-refractivity contribution in [2.75, 3.05) is 40.5 Å². The van der Waals surface area contributed by atoms with Gasteiger partial charge in [-0.05, 0) is 54.1 Å². The maximum absolute atomic E-state index is 12.9. The highest BCUT2D eigenvalue weighted by Gasteiger charge is 2.32. The number of carbonyl (C=O) groups is 1. The molecule has 0 aliphatic carbocycles. The average molecular weight is 375 g/mol. The number of benzene rings is 1. The Morgan fingerprint density at radius 3 is 2.81 bits per heavy atom. The van der Waals surface area contributed by atoms with Gasteiger partial charge in [0.25, 0.3) is 0 Å². The van der Waals surface area contributed by atoms with Crippen LogP contribution in [0.4, 0.5) is 0 Å². The molecule has 1 aromatic carbocycles. The minimum atomic E-state index is -0.0239. The lowest BCUT2D eigenvalue weighted by Gasteiger charge is -2.36. The zero-order chi connectivity index (χ0) is 18.4. The van der Waals surface area contributed by atoms with E-state index in [4.69, 9.17) is 9.47 Å². The summed E-state index contributed by atoms with van der Waals surface area (Å²) in [4.78, 5) is 16.3. The first-order valence-corrected chi connectivity index (χ1v) is 9.82. The molecule has 2 heterocycles. The number of rotatable bonds is 8. The second-order valence-electron chi connectivity index (χ2n) is 6.34. The Morgan fingerprint density at radius 1 is 1.27 bits per heavy atom. The molecule has 1 atom stereocenters. The van der Waals surface area contributed by atoms with Crippen molar-refractivity contribution in [3.05, 3.63) is 51.7 Å². The Kier molecular flexibility index (Phi) is 6.66. The molecule has 0 bridgehead atoms. The molecule has 1 aliphatic heterocycles. The largest absolute Gasteiger partial charge is 0.497 e. The summed E-state index contributed by atoms with van der Waals surface area (Å²) in [6, 6.07) is 10.2. The summed E-state index contributed by atoms with van der Waals surface area (Å²) in [5.74, 6) is 0.966. The topological polar surface area (TPSA) is 50.8 Å². The number of methoxy groups -OCH3 is 2. The molecule has 0 unspecified atom stereocenters. The van der Waals surface area contributed by atoms with Crippen molar-refractivity contribution in [1.82, 2.24) is 10.2 Å². The third-order valence-electron chi connectivity index (χ3n) is 4.70. The zero-order valence-corrected chi connectivity index (χ0v) is 16.2. The summed E-state index contributed by atoms with van der Waals surface area (Å²) in [6.45, 7) is 2.60. The van der Waals surface area contributed by atoms with E-state index in [9.17, 15) is 4.79 Å². The molecule has 140 valence electrons. The molecular formula is C20H26N2O3S. The number of ether oxygens (including phenoxy) is 2. The van der Waals surface area contributed by atoms with E-state index in [1.807, 2.05) is 17.0 Å². The summed E-state index contributed by atoms with van der Waals surface area (Å²) in [5, 5.41) is 5.36. The smallest absolute Gasteiger partial charge is 0.237 e. The van der Waals surface area contributed by atoms with Gasteiger partial charge in [-0.2, -0.15) is 0 Å². The normalized spacial score (nSPS) is 16.4. The van der Waals surface area contributed by atoms with E-state index in [2.05, 4.69) is 28.9 Å². The molecule has 6 heteroatoms. The quantitative estimate of drug-likeness (QED) is 0.722. The summed E-state index contributed by atoms with van der Waals surface area (Å²) >= 11 is 1.78. The van der Waals surface area contributed by atoms with Crippen LogP contribution in [0.3, 0.4) is 0 Å². The van der Waals surface area contributed by atoms with E-state index in [0.29, 0.717) is 13.2 Å². The predicted molar refractivity (Wildman–Crippen MR) is 104 cm³/mol. The van der Waals surface area contributed by atoms with E-state index in [1.54, 1.807) is 25.6 Å². The number of nitrogens with one attached hydrogen (secondary N) is 1. The molecule has 2 aromatic rings. The first-order valence-electron chi connectivity index (χ1n) is 8.94. The van der Waals surface area contributed by atoms with Crippen molar-refractivity contribution in [3.8, 4) is 5.75 Å². The maximum Gasteiger partial charge on any atom is 0.237 e. The predicted octanol–water partition coefficient (Wildman–Crippen LogP) is 2.86. The highest BCUT2D eigenvalue weighted by Crippen LogP contribution is 2.38. The van der Waals surface area contributed by atoms with Crippen LogP contribution < -0.4 is 10.1 Å². The van der Waals surface area contributed by atoms with E-state index >= 15 is 0 Å². The van der Waals surface area contributed by atoms with Gasteiger partial charge in [-0.15, -0.1) is 11.3 Å². The number of thiophene rings is 1. The lowest BCUT2D eigenvalue weighted by atomic mass is 9.93. The Balaban J connectivity index is 1.76. The fourth-order valence-electron chi connectivity index (χ4n) is 3.37. The molecule has 0 saturated heterocycles. The number of nitrogens with zero attached hydrogens (tertiary/aromatic N) is 1. The van der Waals surface area contributed by atoms with Gasteiger partial charge in [-0.25, -0.2) is 0 Å². The SMILES string of the molecule is COCCCNCC(=O)N1CCc2sccc2[C@H]1c1ccc(OC)cc1. The molecule has 1 amide bonds. The van der Waals surface area contributed by atoms with Crippen LogP contribution in [0.5, 0.6) is 5.75 Å². The minimum absolute atomic E-state index is 0.0239. The molecule has 1 aliphatic rings. The van der Waals surface area contributed by atoms with Crippen molar-refractivity contribution in [2.24, 2.45) is 0 Å². The van der Waals surface area contributed by atoms with Crippen molar-refractivity contribution >= 4 is 17.2 Å². The lowest BCUT2D eigenvalue weighted by molar-refractivity contribution is -0.132. The van der Waals surface area contributed by atoms with Crippen LogP contribution in [0.2, 0.25) is 0 Å². The first kappa shape index (κ1) is 18.9. The fraction of sp³-hybridized carbons (Fsp3) is 0.450. The van der Waals surface area contributed by atoms with Crippen molar-refractivity contribution in [3.63, 3.8) is 0 Å². The van der Waals surface area contributed by atoms with Crippen LogP contribution in [0.15, 0.2) is 35.7 Å². The Bertz CT molecular complexity index is 714. The molecule has 0 saturated carbocycles. The standard InChI is InChI=1S/C20H26N2O3S/c1-24-12-3-10-21-14-19(23)22-11-8-18-17(9-13-26-18)20(22)15-4-6-16(25-2)7-5-15/h4-7,9,13,20-21H,3,8,10-12,14H2,1-2H3/t20-/m1/s1. The molecule has 26 heavy (non-hydrogen) atoms. The molecule has 0 radical (unpaired) electrons. The second kappa shape index (κ2) is 9.16. The van der Waals surface area contributed by atoms with Gasteiger partial charge in [0.05, 0.1) is 19.7 Å². The van der Waals surface area contributed by atoms with Crippen LogP contribution in [0, 0.1) is 0 Å². The highest BCUT2D eigenvalue weighted by atomic mass is 32.1. The van der Waals surface area contributed by atoms with E-state index < -0.39 is 0 Å². The molecule has 0 fully saturated rings. The Hall–Kier alpha value is -1.89. The molecule has 5 nitrogen and oxygen atoms in total. The second-order valence-corrected chi connectivity index (χ2v) is 7.34. The van der Waals surface area contributed by atoms with Gasteiger partial charge in [0.1, 0.15) is 5.75 Å². The molecule has 1 N–H and O–H groups in total. The van der Waals surface area contributed by atoms with E-state index in [1.165, 1.54) is 10.4 Å². The van der Waals surface area contributed by atoms with Crippen LogP contribution >= 0.6 is 11.3 Å².